The van der Waals surface area contributed by atoms with Crippen molar-refractivity contribution in [3.63, 3.8) is 0 Å². The number of benzene rings is 1. The van der Waals surface area contributed by atoms with Gasteiger partial charge in [-0.3, -0.25) is 4.79 Å². The maximum atomic E-state index is 11.1. The number of rotatable bonds is 4. The summed E-state index contributed by atoms with van der Waals surface area (Å²) in [6.07, 6.45) is -2.93. The fraction of sp³-hybridized carbons (Fsp3) is 0.273. The highest BCUT2D eigenvalue weighted by atomic mass is 35.5. The first-order valence-electron chi connectivity index (χ1n) is 4.70. The van der Waals surface area contributed by atoms with Crippen LogP contribution in [0.15, 0.2) is 18.2 Å². The number of aliphatic hydroxyl groups excluding tert-OH is 2. The smallest absolute Gasteiger partial charge is 0.337 e. The van der Waals surface area contributed by atoms with E-state index in [0.29, 0.717) is 6.29 Å². The average molecular weight is 259 g/mol. The van der Waals surface area contributed by atoms with Crippen LogP contribution in [0.3, 0.4) is 0 Å². The third kappa shape index (κ3) is 2.82. The molecule has 92 valence electrons. The average Bonchev–Trinajstić information content (AvgIpc) is 2.35. The predicted molar refractivity (Wildman–Crippen MR) is 59.8 cm³/mol. The Hall–Kier alpha value is -1.43. The Kier molecular flexibility index (Phi) is 4.62. The molecule has 0 aliphatic carbocycles. The first-order chi connectivity index (χ1) is 8.02. The number of hydrogen-bond donors (Lipinski definition) is 2. The largest absolute Gasteiger partial charge is 0.467 e. The standard InChI is InChI=1S/C11H11ClO5/c1-17-11(16)10(15)9(14)8-6(5-13)3-2-4-7(8)12/h2-5,9-10,14-15H,1H3. The van der Waals surface area contributed by atoms with Gasteiger partial charge in [0.1, 0.15) is 12.4 Å². The molecule has 0 radical (unpaired) electrons. The summed E-state index contributed by atoms with van der Waals surface area (Å²) < 4.78 is 4.29. The van der Waals surface area contributed by atoms with Crippen LogP contribution in [0.4, 0.5) is 0 Å². The van der Waals surface area contributed by atoms with Gasteiger partial charge in [-0.1, -0.05) is 23.7 Å². The normalized spacial score (nSPS) is 13.9. The highest BCUT2D eigenvalue weighted by Crippen LogP contribution is 2.28. The van der Waals surface area contributed by atoms with E-state index in [2.05, 4.69) is 4.74 Å². The number of carbonyl (C=O) groups excluding carboxylic acids is 2. The molecule has 1 rings (SSSR count). The lowest BCUT2D eigenvalue weighted by Gasteiger charge is -2.18. The van der Waals surface area contributed by atoms with Crippen molar-refractivity contribution in [2.75, 3.05) is 7.11 Å². The lowest BCUT2D eigenvalue weighted by molar-refractivity contribution is -0.156. The number of esters is 1. The number of carbonyl (C=O) groups is 2. The first kappa shape index (κ1) is 13.6. The SMILES string of the molecule is COC(=O)C(O)C(O)c1c(Cl)cccc1C=O. The van der Waals surface area contributed by atoms with E-state index in [1.807, 2.05) is 0 Å². The third-order valence-electron chi connectivity index (χ3n) is 2.25. The van der Waals surface area contributed by atoms with E-state index < -0.39 is 18.2 Å². The van der Waals surface area contributed by atoms with Crippen molar-refractivity contribution in [2.24, 2.45) is 0 Å². The van der Waals surface area contributed by atoms with Crippen LogP contribution in [0, 0.1) is 0 Å². The number of methoxy groups -OCH3 is 1. The van der Waals surface area contributed by atoms with Crippen molar-refractivity contribution in [1.29, 1.82) is 0 Å². The van der Waals surface area contributed by atoms with Crippen molar-refractivity contribution in [1.82, 2.24) is 0 Å². The molecule has 0 bridgehead atoms. The second-order valence-corrected chi connectivity index (χ2v) is 3.68. The monoisotopic (exact) mass is 258 g/mol. The second kappa shape index (κ2) is 5.77. The van der Waals surface area contributed by atoms with Gasteiger partial charge in [0.25, 0.3) is 0 Å². The molecule has 0 heterocycles. The third-order valence-corrected chi connectivity index (χ3v) is 2.58. The first-order valence-corrected chi connectivity index (χ1v) is 5.08. The van der Waals surface area contributed by atoms with Crippen LogP contribution in [0.1, 0.15) is 22.0 Å². The van der Waals surface area contributed by atoms with Crippen LogP contribution in [0.25, 0.3) is 0 Å². The molecule has 0 saturated carbocycles. The number of ether oxygens (including phenoxy) is 1. The van der Waals surface area contributed by atoms with Gasteiger partial charge in [0.2, 0.25) is 0 Å². The topological polar surface area (TPSA) is 83.8 Å². The van der Waals surface area contributed by atoms with Gasteiger partial charge >= 0.3 is 5.97 Å². The number of hydrogen-bond acceptors (Lipinski definition) is 5. The minimum Gasteiger partial charge on any atom is -0.467 e. The maximum Gasteiger partial charge on any atom is 0.337 e. The predicted octanol–water partition coefficient (Wildman–Crippen LogP) is 0.720. The fourth-order valence-electron chi connectivity index (χ4n) is 1.38. The molecule has 1 aromatic rings. The van der Waals surface area contributed by atoms with Crippen molar-refractivity contribution >= 4 is 23.9 Å². The van der Waals surface area contributed by atoms with Gasteiger partial charge in [-0.15, -0.1) is 0 Å². The summed E-state index contributed by atoms with van der Waals surface area (Å²) in [5, 5.41) is 19.4. The molecule has 2 N–H and O–H groups in total. The van der Waals surface area contributed by atoms with E-state index in [0.717, 1.165) is 7.11 Å². The van der Waals surface area contributed by atoms with E-state index in [1.165, 1.54) is 18.2 Å². The molecule has 17 heavy (non-hydrogen) atoms. The van der Waals surface area contributed by atoms with Gasteiger partial charge in [0, 0.05) is 16.1 Å². The summed E-state index contributed by atoms with van der Waals surface area (Å²) in [5.41, 5.74) is 0.106. The van der Waals surface area contributed by atoms with Gasteiger partial charge in [0.15, 0.2) is 6.10 Å². The van der Waals surface area contributed by atoms with Crippen LogP contribution >= 0.6 is 11.6 Å². The molecule has 0 aliphatic heterocycles. The highest BCUT2D eigenvalue weighted by Gasteiger charge is 2.29. The Balaban J connectivity index is 3.15. The molecule has 0 aliphatic rings. The molecular formula is C11H11ClO5. The zero-order chi connectivity index (χ0) is 13.0. The van der Waals surface area contributed by atoms with Crippen molar-refractivity contribution < 1.29 is 24.5 Å². The number of halogens is 1. The van der Waals surface area contributed by atoms with Gasteiger partial charge < -0.3 is 14.9 Å². The Morgan fingerprint density at radius 3 is 2.65 bits per heavy atom. The summed E-state index contributed by atoms with van der Waals surface area (Å²) in [4.78, 5) is 21.9. The lowest BCUT2D eigenvalue weighted by Crippen LogP contribution is -2.29. The van der Waals surface area contributed by atoms with E-state index in [-0.39, 0.29) is 16.1 Å². The maximum absolute atomic E-state index is 11.1. The number of aliphatic hydroxyl groups is 2. The van der Waals surface area contributed by atoms with Gasteiger partial charge in [-0.25, -0.2) is 4.79 Å². The van der Waals surface area contributed by atoms with Crippen molar-refractivity contribution in [3.8, 4) is 0 Å². The minimum absolute atomic E-state index is 0.00191. The second-order valence-electron chi connectivity index (χ2n) is 3.27. The van der Waals surface area contributed by atoms with Crippen LogP contribution in [0.5, 0.6) is 0 Å². The molecule has 0 fully saturated rings. The minimum atomic E-state index is -1.79. The van der Waals surface area contributed by atoms with Crippen LogP contribution in [0.2, 0.25) is 5.02 Å². The summed E-state index contributed by atoms with van der Waals surface area (Å²) in [6.45, 7) is 0. The van der Waals surface area contributed by atoms with Gasteiger partial charge in [-0.05, 0) is 6.07 Å². The van der Waals surface area contributed by atoms with Crippen molar-refractivity contribution in [2.45, 2.75) is 12.2 Å². The molecule has 6 heteroatoms. The van der Waals surface area contributed by atoms with Gasteiger partial charge in [0.05, 0.1) is 7.11 Å². The zero-order valence-corrected chi connectivity index (χ0v) is 9.72. The fourth-order valence-corrected chi connectivity index (χ4v) is 1.67. The Morgan fingerprint density at radius 1 is 1.47 bits per heavy atom. The summed E-state index contributed by atoms with van der Waals surface area (Å²) >= 11 is 5.81. The summed E-state index contributed by atoms with van der Waals surface area (Å²) in [7, 11) is 1.07. The van der Waals surface area contributed by atoms with Crippen LogP contribution in [-0.4, -0.2) is 35.7 Å². The lowest BCUT2D eigenvalue weighted by atomic mass is 9.99. The van der Waals surface area contributed by atoms with E-state index >= 15 is 0 Å². The van der Waals surface area contributed by atoms with Crippen LogP contribution in [-0.2, 0) is 9.53 Å². The molecule has 2 unspecified atom stereocenters. The molecule has 2 atom stereocenters. The molecule has 0 saturated heterocycles. The molecular weight excluding hydrogens is 248 g/mol. The van der Waals surface area contributed by atoms with Crippen LogP contribution < -0.4 is 0 Å². The highest BCUT2D eigenvalue weighted by molar-refractivity contribution is 6.31. The Bertz CT molecular complexity index is 432. The van der Waals surface area contributed by atoms with Gasteiger partial charge in [-0.2, -0.15) is 0 Å². The van der Waals surface area contributed by atoms with E-state index in [4.69, 9.17) is 11.6 Å². The molecule has 5 nitrogen and oxygen atoms in total. The van der Waals surface area contributed by atoms with E-state index in [1.54, 1.807) is 0 Å². The molecule has 0 spiro atoms. The molecule has 1 aromatic carbocycles. The Labute approximate surface area is 103 Å². The quantitative estimate of drug-likeness (QED) is 0.614. The van der Waals surface area contributed by atoms with E-state index in [9.17, 15) is 19.8 Å². The molecule has 0 amide bonds. The summed E-state index contributed by atoms with van der Waals surface area (Å²) in [6, 6.07) is 4.38. The Morgan fingerprint density at radius 2 is 2.12 bits per heavy atom. The molecule has 0 aromatic heterocycles. The van der Waals surface area contributed by atoms with Crippen molar-refractivity contribution in [3.05, 3.63) is 34.3 Å². The zero-order valence-electron chi connectivity index (χ0n) is 8.96. The number of aldehydes is 1. The summed E-state index contributed by atoms with van der Waals surface area (Å²) in [5.74, 6) is -1.01.